The van der Waals surface area contributed by atoms with Crippen LogP contribution in [0.4, 0.5) is 0 Å². The maximum Gasteiger partial charge on any atom is 0.222 e. The van der Waals surface area contributed by atoms with Crippen molar-refractivity contribution in [2.45, 2.75) is 40.5 Å². The Balaban J connectivity index is 4.10. The van der Waals surface area contributed by atoms with Crippen LogP contribution in [0.5, 0.6) is 0 Å². The Bertz CT molecular complexity index is 258. The van der Waals surface area contributed by atoms with Crippen molar-refractivity contribution in [2.75, 3.05) is 13.6 Å². The minimum Gasteiger partial charge on any atom is -0.393 e. The van der Waals surface area contributed by atoms with E-state index in [1.807, 2.05) is 0 Å². The summed E-state index contributed by atoms with van der Waals surface area (Å²) in [5.41, 5.74) is 5.57. The molecule has 0 spiro atoms. The Morgan fingerprint density at radius 2 is 1.94 bits per heavy atom. The summed E-state index contributed by atoms with van der Waals surface area (Å²) in [6.45, 7) is 9.18. The first kappa shape index (κ1) is 15.4. The van der Waals surface area contributed by atoms with Crippen LogP contribution in [0, 0.1) is 11.3 Å². The molecule has 0 aromatic carbocycles. The Morgan fingerprint density at radius 1 is 1.44 bits per heavy atom. The summed E-state index contributed by atoms with van der Waals surface area (Å²) < 4.78 is 0. The van der Waals surface area contributed by atoms with Crippen molar-refractivity contribution in [3.05, 3.63) is 0 Å². The molecule has 0 rings (SSSR count). The highest BCUT2D eigenvalue weighted by molar-refractivity contribution is 7.80. The van der Waals surface area contributed by atoms with E-state index in [0.29, 0.717) is 30.3 Å². The molecule has 0 aromatic rings. The lowest BCUT2D eigenvalue weighted by atomic mass is 9.80. The Hall–Kier alpha value is -0.640. The highest BCUT2D eigenvalue weighted by atomic mass is 32.1. The molecule has 3 nitrogen and oxygen atoms in total. The number of rotatable bonds is 5. The van der Waals surface area contributed by atoms with Gasteiger partial charge in [0, 0.05) is 26.4 Å². The molecule has 4 heteroatoms. The van der Waals surface area contributed by atoms with Crippen molar-refractivity contribution in [3.8, 4) is 0 Å². The molecule has 94 valence electrons. The van der Waals surface area contributed by atoms with Gasteiger partial charge in [-0.15, -0.1) is 0 Å². The summed E-state index contributed by atoms with van der Waals surface area (Å²) in [6.07, 6.45) is 1.18. The summed E-state index contributed by atoms with van der Waals surface area (Å²) in [6, 6.07) is 0. The zero-order valence-electron chi connectivity index (χ0n) is 11.0. The number of hydrogen-bond acceptors (Lipinski definition) is 2. The van der Waals surface area contributed by atoms with Gasteiger partial charge in [0.25, 0.3) is 0 Å². The van der Waals surface area contributed by atoms with Crippen LogP contribution in [0.3, 0.4) is 0 Å². The second-order valence-corrected chi connectivity index (χ2v) is 6.03. The molecule has 1 atom stereocenters. The molecule has 0 radical (unpaired) electrons. The molecule has 0 aliphatic heterocycles. The van der Waals surface area contributed by atoms with Gasteiger partial charge in [-0.3, -0.25) is 4.79 Å². The third-order valence-electron chi connectivity index (χ3n) is 3.08. The predicted molar refractivity (Wildman–Crippen MR) is 72.3 cm³/mol. The lowest BCUT2D eigenvalue weighted by Crippen LogP contribution is -2.33. The molecule has 1 unspecified atom stereocenters. The second kappa shape index (κ2) is 6.18. The second-order valence-electron chi connectivity index (χ2n) is 5.50. The molecule has 0 bridgehead atoms. The number of carbonyl (C=O) groups excluding carboxylic acids is 1. The molecule has 0 aliphatic rings. The topological polar surface area (TPSA) is 46.3 Å². The number of hydrogen-bond donors (Lipinski definition) is 1. The standard InChI is InChI=1S/C12H24N2OS/c1-9(12(2,3)4)8-11(15)14(5)7-6-10(13)16/h9H,6-8H2,1-5H3,(H2,13,16). The van der Waals surface area contributed by atoms with Crippen molar-refractivity contribution in [3.63, 3.8) is 0 Å². The van der Waals surface area contributed by atoms with Crippen LogP contribution in [0.2, 0.25) is 0 Å². The van der Waals surface area contributed by atoms with E-state index in [9.17, 15) is 4.79 Å². The fourth-order valence-electron chi connectivity index (χ4n) is 1.13. The largest absolute Gasteiger partial charge is 0.393 e. The summed E-state index contributed by atoms with van der Waals surface area (Å²) >= 11 is 4.79. The molecular formula is C12H24N2OS. The van der Waals surface area contributed by atoms with Crippen molar-refractivity contribution in [1.82, 2.24) is 4.90 Å². The molecule has 0 saturated carbocycles. The van der Waals surface area contributed by atoms with Crippen LogP contribution in [0.15, 0.2) is 0 Å². The maximum atomic E-state index is 11.9. The van der Waals surface area contributed by atoms with Gasteiger partial charge >= 0.3 is 0 Å². The van der Waals surface area contributed by atoms with E-state index in [-0.39, 0.29) is 11.3 Å². The highest BCUT2D eigenvalue weighted by Gasteiger charge is 2.23. The molecule has 0 heterocycles. The lowest BCUT2D eigenvalue weighted by Gasteiger charge is -2.28. The SMILES string of the molecule is CC(CC(=O)N(C)CCC(N)=S)C(C)(C)C. The molecule has 0 fully saturated rings. The van der Waals surface area contributed by atoms with Gasteiger partial charge < -0.3 is 10.6 Å². The van der Waals surface area contributed by atoms with E-state index in [4.69, 9.17) is 18.0 Å². The predicted octanol–water partition coefficient (Wildman–Crippen LogP) is 2.19. The van der Waals surface area contributed by atoms with E-state index in [1.54, 1.807) is 11.9 Å². The number of thiocarbonyl (C=S) groups is 1. The average Bonchev–Trinajstić information content (AvgIpc) is 2.12. The van der Waals surface area contributed by atoms with Gasteiger partial charge in [0.05, 0.1) is 4.99 Å². The Labute approximate surface area is 104 Å². The quantitative estimate of drug-likeness (QED) is 0.754. The number of nitrogens with zero attached hydrogens (tertiary/aromatic N) is 1. The fourth-order valence-corrected chi connectivity index (χ4v) is 1.22. The highest BCUT2D eigenvalue weighted by Crippen LogP contribution is 2.28. The normalized spacial score (nSPS) is 13.3. The molecular weight excluding hydrogens is 220 g/mol. The van der Waals surface area contributed by atoms with Gasteiger partial charge in [-0.25, -0.2) is 0 Å². The van der Waals surface area contributed by atoms with E-state index >= 15 is 0 Å². The van der Waals surface area contributed by atoms with Crippen LogP contribution in [-0.4, -0.2) is 29.4 Å². The van der Waals surface area contributed by atoms with E-state index < -0.39 is 0 Å². The molecule has 16 heavy (non-hydrogen) atoms. The third-order valence-corrected chi connectivity index (χ3v) is 3.28. The van der Waals surface area contributed by atoms with Gasteiger partial charge in [0.15, 0.2) is 0 Å². The first-order chi connectivity index (χ1) is 7.14. The van der Waals surface area contributed by atoms with Gasteiger partial charge in [0.1, 0.15) is 0 Å². The van der Waals surface area contributed by atoms with Crippen molar-refractivity contribution in [1.29, 1.82) is 0 Å². The first-order valence-electron chi connectivity index (χ1n) is 5.67. The van der Waals surface area contributed by atoms with E-state index in [0.717, 1.165) is 0 Å². The number of carbonyl (C=O) groups is 1. The Morgan fingerprint density at radius 3 is 2.31 bits per heavy atom. The fraction of sp³-hybridized carbons (Fsp3) is 0.833. The van der Waals surface area contributed by atoms with E-state index in [1.165, 1.54) is 0 Å². The summed E-state index contributed by atoms with van der Waals surface area (Å²) in [4.78, 5) is 14.0. The van der Waals surface area contributed by atoms with Crippen LogP contribution < -0.4 is 5.73 Å². The maximum absolute atomic E-state index is 11.9. The molecule has 0 aliphatic carbocycles. The van der Waals surface area contributed by atoms with Gasteiger partial charge in [-0.1, -0.05) is 39.9 Å². The Kier molecular flexibility index (Phi) is 5.94. The average molecular weight is 244 g/mol. The van der Waals surface area contributed by atoms with Crippen molar-refractivity contribution in [2.24, 2.45) is 17.1 Å². The van der Waals surface area contributed by atoms with Crippen LogP contribution in [-0.2, 0) is 4.79 Å². The molecule has 2 N–H and O–H groups in total. The van der Waals surface area contributed by atoms with Crippen molar-refractivity contribution < 1.29 is 4.79 Å². The minimum atomic E-state index is 0.165. The number of nitrogens with two attached hydrogens (primary N) is 1. The molecule has 0 saturated heterocycles. The first-order valence-corrected chi connectivity index (χ1v) is 6.07. The van der Waals surface area contributed by atoms with Crippen LogP contribution in [0.1, 0.15) is 40.5 Å². The monoisotopic (exact) mass is 244 g/mol. The summed E-state index contributed by atoms with van der Waals surface area (Å²) in [7, 11) is 1.80. The smallest absolute Gasteiger partial charge is 0.222 e. The van der Waals surface area contributed by atoms with Crippen LogP contribution >= 0.6 is 12.2 Å². The van der Waals surface area contributed by atoms with E-state index in [2.05, 4.69) is 27.7 Å². The zero-order valence-corrected chi connectivity index (χ0v) is 11.9. The summed E-state index contributed by atoms with van der Waals surface area (Å²) in [5.74, 6) is 0.533. The number of amides is 1. The zero-order chi connectivity index (χ0) is 12.9. The van der Waals surface area contributed by atoms with Crippen LogP contribution in [0.25, 0.3) is 0 Å². The molecule has 1 amide bonds. The molecule has 0 aromatic heterocycles. The van der Waals surface area contributed by atoms with Crippen molar-refractivity contribution >= 4 is 23.1 Å². The third kappa shape index (κ3) is 6.05. The van der Waals surface area contributed by atoms with Gasteiger partial charge in [-0.2, -0.15) is 0 Å². The van der Waals surface area contributed by atoms with Gasteiger partial charge in [-0.05, 0) is 11.3 Å². The van der Waals surface area contributed by atoms with Gasteiger partial charge in [0.2, 0.25) is 5.91 Å². The lowest BCUT2D eigenvalue weighted by molar-refractivity contribution is -0.131. The summed E-state index contributed by atoms with van der Waals surface area (Å²) in [5, 5.41) is 0. The minimum absolute atomic E-state index is 0.165.